The van der Waals surface area contributed by atoms with E-state index in [1.54, 1.807) is 0 Å². The van der Waals surface area contributed by atoms with E-state index in [0.717, 1.165) is 38.8 Å². The average Bonchev–Trinajstić information content (AvgIpc) is 2.37. The van der Waals surface area contributed by atoms with Gasteiger partial charge in [-0.15, -0.1) is 0 Å². The number of hydrogen-bond acceptors (Lipinski definition) is 3. The normalized spacial score (nSPS) is 35.4. The van der Waals surface area contributed by atoms with Gasteiger partial charge in [0.25, 0.3) is 0 Å². The number of carbonyl (C=O) groups is 1. The summed E-state index contributed by atoms with van der Waals surface area (Å²) in [7, 11) is 1.98. The van der Waals surface area contributed by atoms with E-state index >= 15 is 0 Å². The third kappa shape index (κ3) is 3.95. The van der Waals surface area contributed by atoms with E-state index < -0.39 is 0 Å². The standard InChI is InChI=1S/C16H30N2O2/c1-12-8-13(2)10-18(9-12)16(20)11-17(3)14-6-4-5-7-15(14)19/h12-15,19H,4-11H2,1-3H3. The third-order valence-electron chi connectivity index (χ3n) is 4.87. The lowest BCUT2D eigenvalue weighted by molar-refractivity contribution is -0.136. The number of aliphatic hydroxyl groups excluding tert-OH is 1. The van der Waals surface area contributed by atoms with E-state index in [4.69, 9.17) is 0 Å². The minimum absolute atomic E-state index is 0.160. The molecule has 2 fully saturated rings. The fourth-order valence-corrected chi connectivity index (χ4v) is 3.90. The SMILES string of the molecule is CC1CC(C)CN(C(=O)CN(C)C2CCCCC2O)C1. The van der Waals surface area contributed by atoms with Crippen molar-refractivity contribution in [3.8, 4) is 0 Å². The molecule has 4 heteroatoms. The Balaban J connectivity index is 1.86. The number of carbonyl (C=O) groups excluding carboxylic acids is 1. The molecule has 0 aromatic carbocycles. The molecule has 2 rings (SSSR count). The van der Waals surface area contributed by atoms with Gasteiger partial charge in [0.05, 0.1) is 12.6 Å². The van der Waals surface area contributed by atoms with Crippen LogP contribution in [0.5, 0.6) is 0 Å². The minimum Gasteiger partial charge on any atom is -0.391 e. The Hall–Kier alpha value is -0.610. The van der Waals surface area contributed by atoms with Crippen LogP contribution in [0.25, 0.3) is 0 Å². The molecule has 0 aromatic rings. The van der Waals surface area contributed by atoms with Crippen LogP contribution in [0.2, 0.25) is 0 Å². The number of likely N-dealkylation sites (tertiary alicyclic amines) is 1. The second kappa shape index (κ2) is 6.90. The molecule has 1 heterocycles. The fraction of sp³-hybridized carbons (Fsp3) is 0.938. The Labute approximate surface area is 123 Å². The zero-order chi connectivity index (χ0) is 14.7. The van der Waals surface area contributed by atoms with Gasteiger partial charge in [-0.05, 0) is 38.1 Å². The summed E-state index contributed by atoms with van der Waals surface area (Å²) in [4.78, 5) is 16.5. The van der Waals surface area contributed by atoms with Crippen LogP contribution in [0.15, 0.2) is 0 Å². The van der Waals surface area contributed by atoms with Gasteiger partial charge in [-0.1, -0.05) is 26.7 Å². The predicted molar refractivity (Wildman–Crippen MR) is 80.4 cm³/mol. The molecule has 1 saturated heterocycles. The van der Waals surface area contributed by atoms with E-state index in [0.29, 0.717) is 18.4 Å². The van der Waals surface area contributed by atoms with Crippen molar-refractivity contribution in [3.05, 3.63) is 0 Å². The third-order valence-corrected chi connectivity index (χ3v) is 4.87. The van der Waals surface area contributed by atoms with Crippen molar-refractivity contribution in [1.29, 1.82) is 0 Å². The van der Waals surface area contributed by atoms with Gasteiger partial charge in [0.2, 0.25) is 5.91 Å². The first-order chi connectivity index (χ1) is 9.47. The largest absolute Gasteiger partial charge is 0.391 e. The summed E-state index contributed by atoms with van der Waals surface area (Å²) in [5, 5.41) is 10.1. The number of piperidine rings is 1. The van der Waals surface area contributed by atoms with Crippen molar-refractivity contribution in [2.24, 2.45) is 11.8 Å². The van der Waals surface area contributed by atoms with Crippen LogP contribution < -0.4 is 0 Å². The van der Waals surface area contributed by atoms with Gasteiger partial charge in [0, 0.05) is 19.1 Å². The van der Waals surface area contributed by atoms with Crippen LogP contribution >= 0.6 is 0 Å². The van der Waals surface area contributed by atoms with E-state index in [1.165, 1.54) is 6.42 Å². The zero-order valence-corrected chi connectivity index (χ0v) is 13.2. The van der Waals surface area contributed by atoms with Gasteiger partial charge in [-0.3, -0.25) is 9.69 Å². The number of rotatable bonds is 3. The van der Waals surface area contributed by atoms with Crippen LogP contribution in [0, 0.1) is 11.8 Å². The van der Waals surface area contributed by atoms with E-state index in [-0.39, 0.29) is 18.1 Å². The molecular weight excluding hydrogens is 252 g/mol. The lowest BCUT2D eigenvalue weighted by Crippen LogP contribution is -2.50. The van der Waals surface area contributed by atoms with Crippen molar-refractivity contribution in [2.75, 3.05) is 26.7 Å². The molecule has 4 nitrogen and oxygen atoms in total. The molecule has 0 bridgehead atoms. The lowest BCUT2D eigenvalue weighted by Gasteiger charge is -2.38. The highest BCUT2D eigenvalue weighted by atomic mass is 16.3. The zero-order valence-electron chi connectivity index (χ0n) is 13.2. The van der Waals surface area contributed by atoms with Crippen molar-refractivity contribution in [3.63, 3.8) is 0 Å². The molecule has 116 valence electrons. The molecule has 20 heavy (non-hydrogen) atoms. The molecule has 4 unspecified atom stereocenters. The van der Waals surface area contributed by atoms with Crippen LogP contribution in [-0.4, -0.2) is 59.6 Å². The minimum atomic E-state index is -0.263. The summed E-state index contributed by atoms with van der Waals surface area (Å²) in [6.07, 6.45) is 5.12. The second-order valence-corrected chi connectivity index (χ2v) is 7.08. The second-order valence-electron chi connectivity index (χ2n) is 7.08. The highest BCUT2D eigenvalue weighted by Crippen LogP contribution is 2.24. The van der Waals surface area contributed by atoms with Crippen molar-refractivity contribution in [2.45, 2.75) is 58.1 Å². The van der Waals surface area contributed by atoms with Crippen LogP contribution in [0.3, 0.4) is 0 Å². The summed E-state index contributed by atoms with van der Waals surface area (Å²) < 4.78 is 0. The Kier molecular flexibility index (Phi) is 5.44. The summed E-state index contributed by atoms with van der Waals surface area (Å²) in [5.74, 6) is 1.44. The summed E-state index contributed by atoms with van der Waals surface area (Å²) in [6, 6.07) is 0.160. The first-order valence-corrected chi connectivity index (χ1v) is 8.13. The number of nitrogens with zero attached hydrogens (tertiary/aromatic N) is 2. The quantitative estimate of drug-likeness (QED) is 0.857. The molecule has 1 amide bonds. The lowest BCUT2D eigenvalue weighted by atomic mass is 9.91. The topological polar surface area (TPSA) is 43.8 Å². The molecule has 0 aromatic heterocycles. The highest BCUT2D eigenvalue weighted by molar-refractivity contribution is 5.78. The highest BCUT2D eigenvalue weighted by Gasteiger charge is 2.30. The first-order valence-electron chi connectivity index (χ1n) is 8.13. The molecule has 1 saturated carbocycles. The van der Waals surface area contributed by atoms with Gasteiger partial charge >= 0.3 is 0 Å². The maximum Gasteiger partial charge on any atom is 0.236 e. The Morgan fingerprint density at radius 1 is 1.20 bits per heavy atom. The number of likely N-dealkylation sites (N-methyl/N-ethyl adjacent to an activating group) is 1. The first kappa shape index (κ1) is 15.8. The molecule has 0 radical (unpaired) electrons. The molecule has 1 aliphatic carbocycles. The van der Waals surface area contributed by atoms with Crippen molar-refractivity contribution >= 4 is 5.91 Å². The molecule has 0 spiro atoms. The average molecular weight is 282 g/mol. The number of aliphatic hydroxyl groups is 1. The smallest absolute Gasteiger partial charge is 0.236 e. The molecular formula is C16H30N2O2. The van der Waals surface area contributed by atoms with E-state index in [1.807, 2.05) is 11.9 Å². The van der Waals surface area contributed by atoms with Crippen LogP contribution in [0.4, 0.5) is 0 Å². The Morgan fingerprint density at radius 2 is 1.80 bits per heavy atom. The summed E-state index contributed by atoms with van der Waals surface area (Å²) >= 11 is 0. The van der Waals surface area contributed by atoms with Crippen LogP contribution in [0.1, 0.15) is 46.0 Å². The Morgan fingerprint density at radius 3 is 2.40 bits per heavy atom. The molecule has 1 N–H and O–H groups in total. The van der Waals surface area contributed by atoms with Gasteiger partial charge in [0.15, 0.2) is 0 Å². The maximum absolute atomic E-state index is 12.5. The van der Waals surface area contributed by atoms with Crippen molar-refractivity contribution < 1.29 is 9.90 Å². The van der Waals surface area contributed by atoms with Gasteiger partial charge in [0.1, 0.15) is 0 Å². The summed E-state index contributed by atoms with van der Waals surface area (Å²) in [5.41, 5.74) is 0. The number of amides is 1. The molecule has 1 aliphatic heterocycles. The summed E-state index contributed by atoms with van der Waals surface area (Å²) in [6.45, 7) is 6.69. The van der Waals surface area contributed by atoms with E-state index in [2.05, 4.69) is 18.7 Å². The Bertz CT molecular complexity index is 324. The van der Waals surface area contributed by atoms with Crippen LogP contribution in [-0.2, 0) is 4.79 Å². The number of hydrogen-bond donors (Lipinski definition) is 1. The fourth-order valence-electron chi connectivity index (χ4n) is 3.90. The molecule has 2 aliphatic rings. The van der Waals surface area contributed by atoms with Gasteiger partial charge in [-0.2, -0.15) is 0 Å². The van der Waals surface area contributed by atoms with E-state index in [9.17, 15) is 9.90 Å². The maximum atomic E-state index is 12.5. The van der Waals surface area contributed by atoms with Gasteiger partial charge < -0.3 is 10.0 Å². The molecule has 4 atom stereocenters. The van der Waals surface area contributed by atoms with Crippen molar-refractivity contribution in [1.82, 2.24) is 9.80 Å². The monoisotopic (exact) mass is 282 g/mol. The van der Waals surface area contributed by atoms with Gasteiger partial charge in [-0.25, -0.2) is 0 Å². The predicted octanol–water partition coefficient (Wildman–Crippen LogP) is 1.73.